The number of carboxylic acid groups (broad SMARTS) is 1. The Hall–Kier alpha value is -0.880. The average molecular weight is 306 g/mol. The maximum Gasteiger partial charge on any atom is 0.308 e. The largest absolute Gasteiger partial charge is 0.481 e. The SMILES string of the molecule is CC(NC(=O)c1sccc1Br)C(C)C(=O)O. The standard InChI is InChI=1S/C10H12BrNO3S/c1-5(10(14)15)6(2)12-9(13)8-7(11)3-4-16-8/h3-6H,1-2H3,(H,12,13)(H,14,15). The third kappa shape index (κ3) is 3.05. The molecule has 0 spiro atoms. The van der Waals surface area contributed by atoms with E-state index in [1.165, 1.54) is 11.3 Å². The van der Waals surface area contributed by atoms with Gasteiger partial charge >= 0.3 is 5.97 Å². The molecular weight excluding hydrogens is 294 g/mol. The normalized spacial score (nSPS) is 14.2. The van der Waals surface area contributed by atoms with Gasteiger partial charge in [-0.2, -0.15) is 0 Å². The highest BCUT2D eigenvalue weighted by Crippen LogP contribution is 2.22. The zero-order chi connectivity index (χ0) is 12.3. The molecule has 88 valence electrons. The average Bonchev–Trinajstić information content (AvgIpc) is 2.62. The molecule has 1 aromatic heterocycles. The topological polar surface area (TPSA) is 66.4 Å². The van der Waals surface area contributed by atoms with E-state index in [9.17, 15) is 9.59 Å². The molecule has 0 aliphatic heterocycles. The number of rotatable bonds is 4. The lowest BCUT2D eigenvalue weighted by Gasteiger charge is -2.17. The number of carbonyl (C=O) groups is 2. The van der Waals surface area contributed by atoms with E-state index in [-0.39, 0.29) is 5.91 Å². The smallest absolute Gasteiger partial charge is 0.308 e. The summed E-state index contributed by atoms with van der Waals surface area (Å²) in [5, 5.41) is 13.3. The molecule has 1 aromatic rings. The van der Waals surface area contributed by atoms with Crippen LogP contribution in [0.4, 0.5) is 0 Å². The van der Waals surface area contributed by atoms with Crippen LogP contribution in [0.3, 0.4) is 0 Å². The first-order valence-corrected chi connectivity index (χ1v) is 6.37. The van der Waals surface area contributed by atoms with Crippen LogP contribution in [0.5, 0.6) is 0 Å². The first kappa shape index (κ1) is 13.2. The summed E-state index contributed by atoms with van der Waals surface area (Å²) in [6.07, 6.45) is 0. The van der Waals surface area contributed by atoms with Crippen molar-refractivity contribution in [1.29, 1.82) is 0 Å². The van der Waals surface area contributed by atoms with Crippen LogP contribution in [0.25, 0.3) is 0 Å². The van der Waals surface area contributed by atoms with Crippen molar-refractivity contribution >= 4 is 39.1 Å². The Morgan fingerprint density at radius 3 is 2.56 bits per heavy atom. The minimum atomic E-state index is -0.918. The predicted molar refractivity (Wildman–Crippen MR) is 65.7 cm³/mol. The maximum absolute atomic E-state index is 11.7. The number of aliphatic carboxylic acids is 1. The van der Waals surface area contributed by atoms with Crippen molar-refractivity contribution in [3.8, 4) is 0 Å². The summed E-state index contributed by atoms with van der Waals surface area (Å²) >= 11 is 4.57. The maximum atomic E-state index is 11.7. The number of carbonyl (C=O) groups excluding carboxylic acids is 1. The number of thiophene rings is 1. The number of hydrogen-bond donors (Lipinski definition) is 2. The van der Waals surface area contributed by atoms with Gasteiger partial charge in [0.15, 0.2) is 0 Å². The van der Waals surface area contributed by atoms with Crippen molar-refractivity contribution in [3.63, 3.8) is 0 Å². The third-order valence-electron chi connectivity index (χ3n) is 2.32. The first-order chi connectivity index (χ1) is 7.43. The molecule has 2 unspecified atom stereocenters. The Labute approximate surface area is 106 Å². The summed E-state index contributed by atoms with van der Waals surface area (Å²) in [5.41, 5.74) is 0. The van der Waals surface area contributed by atoms with Crippen molar-refractivity contribution in [3.05, 3.63) is 20.8 Å². The van der Waals surface area contributed by atoms with Gasteiger partial charge in [0, 0.05) is 10.5 Å². The Bertz CT molecular complexity index is 405. The summed E-state index contributed by atoms with van der Waals surface area (Å²) in [6, 6.07) is 1.38. The highest BCUT2D eigenvalue weighted by atomic mass is 79.9. The van der Waals surface area contributed by atoms with Crippen LogP contribution in [0.1, 0.15) is 23.5 Å². The fourth-order valence-electron chi connectivity index (χ4n) is 1.07. The molecule has 4 nitrogen and oxygen atoms in total. The van der Waals surface area contributed by atoms with Crippen molar-refractivity contribution in [2.75, 3.05) is 0 Å². The molecule has 1 heterocycles. The van der Waals surface area contributed by atoms with Gasteiger partial charge in [0.05, 0.1) is 5.92 Å². The van der Waals surface area contributed by atoms with Crippen LogP contribution in [0.2, 0.25) is 0 Å². The Morgan fingerprint density at radius 2 is 2.12 bits per heavy atom. The first-order valence-electron chi connectivity index (χ1n) is 4.70. The van der Waals surface area contributed by atoms with Gasteiger partial charge in [-0.25, -0.2) is 0 Å². The van der Waals surface area contributed by atoms with Crippen LogP contribution in [0, 0.1) is 5.92 Å². The minimum Gasteiger partial charge on any atom is -0.481 e. The second kappa shape index (κ2) is 5.45. The van der Waals surface area contributed by atoms with Crippen molar-refractivity contribution in [1.82, 2.24) is 5.32 Å². The molecule has 0 radical (unpaired) electrons. The lowest BCUT2D eigenvalue weighted by atomic mass is 10.0. The van der Waals surface area contributed by atoms with Gasteiger partial charge in [0.1, 0.15) is 4.88 Å². The molecule has 1 rings (SSSR count). The number of amides is 1. The third-order valence-corrected chi connectivity index (χ3v) is 4.16. The summed E-state index contributed by atoms with van der Waals surface area (Å²) in [5.74, 6) is -1.77. The van der Waals surface area contributed by atoms with E-state index in [0.717, 1.165) is 4.47 Å². The Kier molecular flexibility index (Phi) is 4.49. The van der Waals surface area contributed by atoms with Gasteiger partial charge in [-0.05, 0) is 41.2 Å². The van der Waals surface area contributed by atoms with Crippen LogP contribution in [-0.4, -0.2) is 23.0 Å². The molecule has 0 aliphatic carbocycles. The second-order valence-corrected chi connectivity index (χ2v) is 5.26. The number of halogens is 1. The molecule has 0 fully saturated rings. The predicted octanol–water partition coefficient (Wildman–Crippen LogP) is 2.35. The molecule has 0 bridgehead atoms. The van der Waals surface area contributed by atoms with Crippen LogP contribution in [-0.2, 0) is 4.79 Å². The molecule has 0 aromatic carbocycles. The summed E-state index contributed by atoms with van der Waals surface area (Å²) < 4.78 is 0.727. The van der Waals surface area contributed by atoms with Crippen LogP contribution in [0.15, 0.2) is 15.9 Å². The van der Waals surface area contributed by atoms with Crippen LogP contribution >= 0.6 is 27.3 Å². The van der Waals surface area contributed by atoms with E-state index < -0.39 is 17.9 Å². The Morgan fingerprint density at radius 1 is 1.50 bits per heavy atom. The van der Waals surface area contributed by atoms with Crippen molar-refractivity contribution in [2.45, 2.75) is 19.9 Å². The van der Waals surface area contributed by atoms with Gasteiger partial charge in [-0.1, -0.05) is 0 Å². The minimum absolute atomic E-state index is 0.248. The van der Waals surface area contributed by atoms with Crippen LogP contribution < -0.4 is 5.32 Å². The molecule has 6 heteroatoms. The molecule has 2 N–H and O–H groups in total. The molecule has 0 saturated heterocycles. The zero-order valence-electron chi connectivity index (χ0n) is 8.86. The van der Waals surface area contributed by atoms with Gasteiger partial charge in [0.2, 0.25) is 0 Å². The summed E-state index contributed by atoms with van der Waals surface area (Å²) in [4.78, 5) is 23.0. The van der Waals surface area contributed by atoms with E-state index in [1.54, 1.807) is 25.3 Å². The van der Waals surface area contributed by atoms with E-state index in [2.05, 4.69) is 21.2 Å². The van der Waals surface area contributed by atoms with E-state index >= 15 is 0 Å². The molecule has 1 amide bonds. The summed E-state index contributed by atoms with van der Waals surface area (Å²) in [6.45, 7) is 3.24. The number of carboxylic acids is 1. The molecular formula is C10H12BrNO3S. The zero-order valence-corrected chi connectivity index (χ0v) is 11.3. The van der Waals surface area contributed by atoms with E-state index in [0.29, 0.717) is 4.88 Å². The van der Waals surface area contributed by atoms with Gasteiger partial charge < -0.3 is 10.4 Å². The monoisotopic (exact) mass is 305 g/mol. The lowest BCUT2D eigenvalue weighted by molar-refractivity contribution is -0.141. The second-order valence-electron chi connectivity index (χ2n) is 3.49. The summed E-state index contributed by atoms with van der Waals surface area (Å²) in [7, 11) is 0. The molecule has 16 heavy (non-hydrogen) atoms. The van der Waals surface area contributed by atoms with Gasteiger partial charge in [-0.15, -0.1) is 11.3 Å². The van der Waals surface area contributed by atoms with Crippen molar-refractivity contribution < 1.29 is 14.7 Å². The van der Waals surface area contributed by atoms with Gasteiger partial charge in [0.25, 0.3) is 5.91 Å². The fourth-order valence-corrected chi connectivity index (χ4v) is 2.52. The molecule has 0 aliphatic rings. The highest BCUT2D eigenvalue weighted by molar-refractivity contribution is 9.10. The highest BCUT2D eigenvalue weighted by Gasteiger charge is 2.22. The fraction of sp³-hybridized carbons (Fsp3) is 0.400. The van der Waals surface area contributed by atoms with Gasteiger partial charge in [-0.3, -0.25) is 9.59 Å². The van der Waals surface area contributed by atoms with Crippen molar-refractivity contribution in [2.24, 2.45) is 5.92 Å². The quantitative estimate of drug-likeness (QED) is 0.897. The number of nitrogens with one attached hydrogen (secondary N) is 1. The molecule has 2 atom stereocenters. The van der Waals surface area contributed by atoms with E-state index in [4.69, 9.17) is 5.11 Å². The van der Waals surface area contributed by atoms with E-state index in [1.807, 2.05) is 0 Å². The lowest BCUT2D eigenvalue weighted by Crippen LogP contribution is -2.39. The molecule has 0 saturated carbocycles. The Balaban J connectivity index is 2.65. The number of hydrogen-bond acceptors (Lipinski definition) is 3.